The molecule has 2 heterocycles. The highest BCUT2D eigenvalue weighted by Gasteiger charge is 2.13. The minimum Gasteiger partial charge on any atom is -0.424 e. The first-order chi connectivity index (χ1) is 14.1. The highest BCUT2D eigenvalue weighted by atomic mass is 79.9. The highest BCUT2D eigenvalue weighted by molar-refractivity contribution is 9.10. The smallest absolute Gasteiger partial charge is 0.321 e. The van der Waals surface area contributed by atoms with E-state index >= 15 is 0 Å². The molecule has 2 aromatic carbocycles. The summed E-state index contributed by atoms with van der Waals surface area (Å²) in [4.78, 5) is 20.6. The summed E-state index contributed by atoms with van der Waals surface area (Å²) >= 11 is 6.68. The number of hydrogen-bond donors (Lipinski definition) is 1. The van der Waals surface area contributed by atoms with Crippen molar-refractivity contribution in [3.8, 4) is 17.4 Å². The third-order valence-electron chi connectivity index (χ3n) is 3.70. The summed E-state index contributed by atoms with van der Waals surface area (Å²) in [6, 6.07) is 14.6. The molecule has 10 heteroatoms. The third kappa shape index (κ3) is 4.84. The van der Waals surface area contributed by atoms with Crippen LogP contribution in [-0.2, 0) is 0 Å². The summed E-state index contributed by atoms with van der Waals surface area (Å²) in [5.74, 6) is 0.103. The van der Waals surface area contributed by atoms with E-state index in [9.17, 15) is 4.79 Å². The van der Waals surface area contributed by atoms with Crippen LogP contribution < -0.4 is 10.1 Å². The van der Waals surface area contributed by atoms with Gasteiger partial charge in [-0.2, -0.15) is 0 Å². The summed E-state index contributed by atoms with van der Waals surface area (Å²) in [5, 5.41) is 10.7. The molecule has 0 unspecified atom stereocenters. The molecular formula is C19H12Br2N6O2. The fourth-order valence-electron chi connectivity index (χ4n) is 2.40. The van der Waals surface area contributed by atoms with Crippen LogP contribution in [0.2, 0.25) is 0 Å². The van der Waals surface area contributed by atoms with Crippen molar-refractivity contribution < 1.29 is 9.53 Å². The molecule has 0 saturated heterocycles. The molecule has 4 aromatic rings. The first-order valence-electron chi connectivity index (χ1n) is 8.32. The average molecular weight is 516 g/mol. The second-order valence-corrected chi connectivity index (χ2v) is 7.63. The van der Waals surface area contributed by atoms with Crippen LogP contribution >= 0.6 is 31.9 Å². The molecule has 4 rings (SSSR count). The van der Waals surface area contributed by atoms with Crippen molar-refractivity contribution >= 4 is 43.5 Å². The van der Waals surface area contributed by atoms with Gasteiger partial charge in [0.1, 0.15) is 5.75 Å². The van der Waals surface area contributed by atoms with Gasteiger partial charge in [-0.1, -0.05) is 33.3 Å². The van der Waals surface area contributed by atoms with Crippen molar-refractivity contribution in [3.63, 3.8) is 0 Å². The number of ether oxygens (including phenoxy) is 1. The van der Waals surface area contributed by atoms with Gasteiger partial charge >= 0.3 is 6.01 Å². The molecule has 144 valence electrons. The third-order valence-corrected chi connectivity index (χ3v) is 4.60. The summed E-state index contributed by atoms with van der Waals surface area (Å²) in [6.45, 7) is 0. The molecule has 0 aliphatic heterocycles. The second-order valence-electron chi connectivity index (χ2n) is 5.80. The zero-order chi connectivity index (χ0) is 20.2. The molecule has 0 spiro atoms. The number of aromatic nitrogens is 5. The fourth-order valence-corrected chi connectivity index (χ4v) is 3.00. The van der Waals surface area contributed by atoms with Gasteiger partial charge in [0.15, 0.2) is 5.69 Å². The molecule has 1 N–H and O–H groups in total. The lowest BCUT2D eigenvalue weighted by Gasteiger charge is -2.07. The van der Waals surface area contributed by atoms with Gasteiger partial charge in [-0.15, -0.1) is 5.10 Å². The van der Waals surface area contributed by atoms with Crippen molar-refractivity contribution in [2.24, 2.45) is 0 Å². The molecule has 0 aliphatic rings. The van der Waals surface area contributed by atoms with E-state index in [0.29, 0.717) is 11.4 Å². The lowest BCUT2D eigenvalue weighted by molar-refractivity contribution is 0.102. The number of nitrogens with zero attached hydrogens (tertiary/aromatic N) is 5. The number of carbonyl (C=O) groups is 1. The Kier molecular flexibility index (Phi) is 5.63. The predicted molar refractivity (Wildman–Crippen MR) is 113 cm³/mol. The van der Waals surface area contributed by atoms with Crippen LogP contribution in [0.4, 0.5) is 5.69 Å². The lowest BCUT2D eigenvalue weighted by atomic mass is 10.3. The van der Waals surface area contributed by atoms with E-state index < -0.39 is 0 Å². The van der Waals surface area contributed by atoms with E-state index in [2.05, 4.69) is 57.5 Å². The van der Waals surface area contributed by atoms with Crippen molar-refractivity contribution in [1.82, 2.24) is 25.0 Å². The zero-order valence-electron chi connectivity index (χ0n) is 14.7. The molecule has 0 bridgehead atoms. The van der Waals surface area contributed by atoms with Crippen LogP contribution in [0.1, 0.15) is 10.5 Å². The molecule has 0 atom stereocenters. The largest absolute Gasteiger partial charge is 0.424 e. The first kappa shape index (κ1) is 19.2. The molecule has 0 fully saturated rings. The number of benzene rings is 2. The van der Waals surface area contributed by atoms with Crippen molar-refractivity contribution in [2.45, 2.75) is 0 Å². The van der Waals surface area contributed by atoms with Crippen molar-refractivity contribution in [1.29, 1.82) is 0 Å². The number of hydrogen-bond acceptors (Lipinski definition) is 6. The number of carbonyl (C=O) groups excluding carboxylic acids is 1. The Labute approximate surface area is 182 Å². The predicted octanol–water partition coefficient (Wildman–Crippen LogP) is 4.63. The molecule has 8 nitrogen and oxygen atoms in total. The minimum absolute atomic E-state index is 0.188. The van der Waals surface area contributed by atoms with Gasteiger partial charge in [0.25, 0.3) is 5.91 Å². The number of rotatable bonds is 5. The Balaban J connectivity index is 1.47. The Bertz CT molecular complexity index is 1160. The maximum atomic E-state index is 12.5. The van der Waals surface area contributed by atoms with Gasteiger partial charge in [-0.25, -0.2) is 14.6 Å². The van der Waals surface area contributed by atoms with Gasteiger partial charge in [0, 0.05) is 28.6 Å². The van der Waals surface area contributed by atoms with E-state index in [1.54, 1.807) is 42.9 Å². The summed E-state index contributed by atoms with van der Waals surface area (Å²) < 4.78 is 8.79. The Morgan fingerprint density at radius 3 is 2.59 bits per heavy atom. The van der Waals surface area contributed by atoms with Crippen LogP contribution in [0.3, 0.4) is 0 Å². The minimum atomic E-state index is -0.386. The summed E-state index contributed by atoms with van der Waals surface area (Å²) in [5.41, 5.74) is 1.52. The molecule has 2 aromatic heterocycles. The van der Waals surface area contributed by atoms with Crippen LogP contribution in [0.5, 0.6) is 11.8 Å². The van der Waals surface area contributed by atoms with Gasteiger partial charge in [0.05, 0.1) is 16.4 Å². The van der Waals surface area contributed by atoms with E-state index in [4.69, 9.17) is 4.74 Å². The van der Waals surface area contributed by atoms with Gasteiger partial charge in [-0.05, 0) is 46.3 Å². The molecular weight excluding hydrogens is 504 g/mol. The quantitative estimate of drug-likeness (QED) is 0.416. The van der Waals surface area contributed by atoms with Crippen molar-refractivity contribution in [3.05, 3.63) is 81.8 Å². The Morgan fingerprint density at radius 2 is 1.79 bits per heavy atom. The second kappa shape index (κ2) is 8.50. The standard InChI is InChI=1S/C19H12Br2N6O2/c20-12-3-1-5-15(7-12)27-11-17(25-26-27)18(28)24-14-4-2-6-16(8-14)29-19-22-9-13(21)10-23-19/h1-11H,(H,24,28). The lowest BCUT2D eigenvalue weighted by Crippen LogP contribution is -2.12. The number of amides is 1. The zero-order valence-corrected chi connectivity index (χ0v) is 17.8. The van der Waals surface area contributed by atoms with E-state index in [0.717, 1.165) is 14.6 Å². The van der Waals surface area contributed by atoms with Crippen LogP contribution in [0, 0.1) is 0 Å². The normalized spacial score (nSPS) is 10.6. The Morgan fingerprint density at radius 1 is 1.00 bits per heavy atom. The highest BCUT2D eigenvalue weighted by Crippen LogP contribution is 2.22. The SMILES string of the molecule is O=C(Nc1cccc(Oc2ncc(Br)cn2)c1)c1cn(-c2cccc(Br)c2)nn1. The van der Waals surface area contributed by atoms with Gasteiger partial charge in [0.2, 0.25) is 0 Å². The van der Waals surface area contributed by atoms with Crippen LogP contribution in [0.15, 0.2) is 76.1 Å². The van der Waals surface area contributed by atoms with Gasteiger partial charge < -0.3 is 10.1 Å². The summed E-state index contributed by atoms with van der Waals surface area (Å²) in [7, 11) is 0. The maximum Gasteiger partial charge on any atom is 0.321 e. The number of nitrogens with one attached hydrogen (secondary N) is 1. The van der Waals surface area contributed by atoms with Crippen molar-refractivity contribution in [2.75, 3.05) is 5.32 Å². The maximum absolute atomic E-state index is 12.5. The van der Waals surface area contributed by atoms with E-state index in [1.165, 1.54) is 4.68 Å². The van der Waals surface area contributed by atoms with Crippen LogP contribution in [-0.4, -0.2) is 30.9 Å². The topological polar surface area (TPSA) is 94.8 Å². The fraction of sp³-hybridized carbons (Fsp3) is 0. The Hall–Kier alpha value is -3.11. The average Bonchev–Trinajstić information content (AvgIpc) is 3.21. The van der Waals surface area contributed by atoms with Gasteiger partial charge in [-0.3, -0.25) is 4.79 Å². The van der Waals surface area contributed by atoms with E-state index in [-0.39, 0.29) is 17.6 Å². The first-order valence-corrected chi connectivity index (χ1v) is 9.90. The summed E-state index contributed by atoms with van der Waals surface area (Å²) in [6.07, 6.45) is 4.73. The number of anilines is 1. The number of halogens is 2. The monoisotopic (exact) mass is 514 g/mol. The molecule has 1 amide bonds. The van der Waals surface area contributed by atoms with E-state index in [1.807, 2.05) is 24.3 Å². The molecule has 0 aliphatic carbocycles. The van der Waals surface area contributed by atoms with Crippen LogP contribution in [0.25, 0.3) is 5.69 Å². The molecule has 29 heavy (non-hydrogen) atoms. The molecule has 0 radical (unpaired) electrons. The molecule has 0 saturated carbocycles.